The fourth-order valence-electron chi connectivity index (χ4n) is 2.95. The highest BCUT2D eigenvalue weighted by Crippen LogP contribution is 2.31. The molecule has 1 unspecified atom stereocenters. The molecule has 2 heterocycles. The number of halogens is 2. The van der Waals surface area contributed by atoms with Crippen LogP contribution in [0.5, 0.6) is 0 Å². The Morgan fingerprint density at radius 2 is 2.15 bits per heavy atom. The fourth-order valence-corrected chi connectivity index (χ4v) is 4.90. The van der Waals surface area contributed by atoms with E-state index in [9.17, 15) is 13.2 Å². The molecule has 0 amide bonds. The third kappa shape index (κ3) is 4.41. The van der Waals surface area contributed by atoms with Gasteiger partial charge < -0.3 is 10.1 Å². The summed E-state index contributed by atoms with van der Waals surface area (Å²) in [7, 11) is -2.76. The minimum absolute atomic E-state index is 0. The van der Waals surface area contributed by atoms with Crippen molar-refractivity contribution in [2.45, 2.75) is 10.9 Å². The number of sulfonamides is 1. The monoisotopic (exact) mass is 431 g/mol. The van der Waals surface area contributed by atoms with Crippen LogP contribution >= 0.6 is 24.0 Å². The van der Waals surface area contributed by atoms with E-state index in [0.29, 0.717) is 13.1 Å². The molecular weight excluding hydrogens is 413 g/mol. The Balaban J connectivity index is 0.00000261. The number of rotatable bonds is 4. The summed E-state index contributed by atoms with van der Waals surface area (Å²) < 4.78 is 32.8. The third-order valence-corrected chi connectivity index (χ3v) is 6.40. The summed E-state index contributed by atoms with van der Waals surface area (Å²) in [4.78, 5) is 16.0. The second-order valence-corrected chi connectivity index (χ2v) is 8.05. The number of methoxy groups -OCH3 is 1. The molecule has 0 radical (unpaired) electrons. The van der Waals surface area contributed by atoms with E-state index in [0.717, 1.165) is 5.56 Å². The summed E-state index contributed by atoms with van der Waals surface area (Å²) in [5.74, 6) is -0.751. The lowest BCUT2D eigenvalue weighted by Gasteiger charge is -2.35. The first-order valence-electron chi connectivity index (χ1n) is 7.95. The molecule has 1 aromatic heterocycles. The van der Waals surface area contributed by atoms with Crippen molar-refractivity contribution in [3.05, 3.63) is 58.9 Å². The molecule has 1 saturated heterocycles. The van der Waals surface area contributed by atoms with Crippen molar-refractivity contribution in [3.63, 3.8) is 0 Å². The number of carbonyl (C=O) groups is 1. The maximum atomic E-state index is 13.4. The van der Waals surface area contributed by atoms with E-state index in [4.69, 9.17) is 16.3 Å². The highest BCUT2D eigenvalue weighted by Gasteiger charge is 2.36. The second-order valence-electron chi connectivity index (χ2n) is 5.75. The minimum atomic E-state index is -3.96. The highest BCUT2D eigenvalue weighted by atomic mass is 35.5. The largest absolute Gasteiger partial charge is 0.465 e. The lowest BCUT2D eigenvalue weighted by atomic mass is 10.1. The molecule has 0 bridgehead atoms. The standard InChI is InChI=1S/C17H18ClN3O4S.ClH/c1-25-17(22)14-9-13(18)4-5-16(14)26(23,24)21-8-7-20-11-15(21)12-3-2-6-19-10-12;/h2-6,9-10,15,20H,7-8,11H2,1H3;1H. The summed E-state index contributed by atoms with van der Waals surface area (Å²) >= 11 is 5.94. The molecule has 146 valence electrons. The maximum absolute atomic E-state index is 13.4. The van der Waals surface area contributed by atoms with E-state index in [1.807, 2.05) is 6.07 Å². The first-order valence-corrected chi connectivity index (χ1v) is 9.77. The average molecular weight is 432 g/mol. The van der Waals surface area contributed by atoms with Crippen LogP contribution in [0.1, 0.15) is 22.0 Å². The summed E-state index contributed by atoms with van der Waals surface area (Å²) in [5.41, 5.74) is 0.695. The zero-order chi connectivity index (χ0) is 18.7. The number of hydrogen-bond donors (Lipinski definition) is 1. The first-order chi connectivity index (χ1) is 12.4. The van der Waals surface area contributed by atoms with E-state index < -0.39 is 22.0 Å². The number of carbonyl (C=O) groups excluding carboxylic acids is 1. The Bertz CT molecular complexity index is 910. The van der Waals surface area contributed by atoms with Gasteiger partial charge in [0.2, 0.25) is 10.0 Å². The number of pyridine rings is 1. The van der Waals surface area contributed by atoms with Gasteiger partial charge in [-0.25, -0.2) is 13.2 Å². The first kappa shape index (κ1) is 21.6. The van der Waals surface area contributed by atoms with Gasteiger partial charge in [-0.3, -0.25) is 4.98 Å². The van der Waals surface area contributed by atoms with Crippen molar-refractivity contribution >= 4 is 40.0 Å². The van der Waals surface area contributed by atoms with Crippen molar-refractivity contribution < 1.29 is 17.9 Å². The molecule has 1 fully saturated rings. The zero-order valence-electron chi connectivity index (χ0n) is 14.5. The molecule has 0 aliphatic carbocycles. The van der Waals surface area contributed by atoms with E-state index in [1.165, 1.54) is 29.6 Å². The summed E-state index contributed by atoms with van der Waals surface area (Å²) in [6.07, 6.45) is 3.27. The smallest absolute Gasteiger partial charge is 0.339 e. The van der Waals surface area contributed by atoms with Crippen molar-refractivity contribution in [2.24, 2.45) is 0 Å². The quantitative estimate of drug-likeness (QED) is 0.746. The molecule has 1 aliphatic rings. The number of ether oxygens (including phenoxy) is 1. The van der Waals surface area contributed by atoms with Crippen LogP contribution in [0, 0.1) is 0 Å². The molecule has 1 aromatic carbocycles. The molecule has 0 spiro atoms. The predicted octanol–water partition coefficient (Wildman–Crippen LogP) is 2.28. The van der Waals surface area contributed by atoms with Gasteiger partial charge in [-0.05, 0) is 29.8 Å². The molecule has 1 aliphatic heterocycles. The molecular formula is C17H19Cl2N3O4S. The van der Waals surface area contributed by atoms with E-state index in [-0.39, 0.29) is 34.4 Å². The van der Waals surface area contributed by atoms with Gasteiger partial charge in [-0.15, -0.1) is 12.4 Å². The third-order valence-electron chi connectivity index (χ3n) is 4.20. The number of piperazine rings is 1. The van der Waals surface area contributed by atoms with Gasteiger partial charge in [0.25, 0.3) is 0 Å². The predicted molar refractivity (Wildman–Crippen MR) is 104 cm³/mol. The van der Waals surface area contributed by atoms with Crippen LogP contribution < -0.4 is 5.32 Å². The number of esters is 1. The summed E-state index contributed by atoms with van der Waals surface area (Å²) in [6, 6.07) is 7.26. The van der Waals surface area contributed by atoms with Crippen LogP contribution in [0.15, 0.2) is 47.6 Å². The van der Waals surface area contributed by atoms with Crippen LogP contribution in [-0.2, 0) is 14.8 Å². The van der Waals surface area contributed by atoms with Gasteiger partial charge in [0.05, 0.1) is 23.6 Å². The van der Waals surface area contributed by atoms with E-state index in [2.05, 4.69) is 10.3 Å². The van der Waals surface area contributed by atoms with Gasteiger partial charge in [-0.1, -0.05) is 17.7 Å². The molecule has 3 rings (SSSR count). The Morgan fingerprint density at radius 3 is 2.81 bits per heavy atom. The zero-order valence-corrected chi connectivity index (χ0v) is 16.9. The topological polar surface area (TPSA) is 88.6 Å². The lowest BCUT2D eigenvalue weighted by molar-refractivity contribution is 0.0596. The van der Waals surface area contributed by atoms with E-state index >= 15 is 0 Å². The van der Waals surface area contributed by atoms with Gasteiger partial charge in [0, 0.05) is 37.1 Å². The average Bonchev–Trinajstić information content (AvgIpc) is 2.67. The van der Waals surface area contributed by atoms with E-state index in [1.54, 1.807) is 18.5 Å². The SMILES string of the molecule is COC(=O)c1cc(Cl)ccc1S(=O)(=O)N1CCNCC1c1cccnc1.Cl. The summed E-state index contributed by atoms with van der Waals surface area (Å²) in [6.45, 7) is 1.23. The van der Waals surface area contributed by atoms with Gasteiger partial charge in [0.1, 0.15) is 0 Å². The van der Waals surface area contributed by atoms with Gasteiger partial charge in [0.15, 0.2) is 0 Å². The number of nitrogens with zero attached hydrogens (tertiary/aromatic N) is 2. The minimum Gasteiger partial charge on any atom is -0.465 e. The van der Waals surface area contributed by atoms with Crippen molar-refractivity contribution in [2.75, 3.05) is 26.7 Å². The van der Waals surface area contributed by atoms with Crippen molar-refractivity contribution in [1.82, 2.24) is 14.6 Å². The Labute approximate surface area is 169 Å². The Kier molecular flexibility index (Phi) is 7.19. The normalized spacial score (nSPS) is 17.8. The molecule has 1 N–H and O–H groups in total. The van der Waals surface area contributed by atoms with Crippen LogP contribution in [0.3, 0.4) is 0 Å². The highest BCUT2D eigenvalue weighted by molar-refractivity contribution is 7.89. The fraction of sp³-hybridized carbons (Fsp3) is 0.294. The Morgan fingerprint density at radius 1 is 1.37 bits per heavy atom. The molecule has 7 nitrogen and oxygen atoms in total. The van der Waals surface area contributed by atoms with Crippen molar-refractivity contribution in [3.8, 4) is 0 Å². The number of hydrogen-bond acceptors (Lipinski definition) is 6. The molecule has 10 heteroatoms. The van der Waals surface area contributed by atoms with Gasteiger partial charge >= 0.3 is 5.97 Å². The van der Waals surface area contributed by atoms with Crippen LogP contribution in [0.2, 0.25) is 5.02 Å². The number of aromatic nitrogens is 1. The lowest BCUT2D eigenvalue weighted by Crippen LogP contribution is -2.48. The van der Waals surface area contributed by atoms with Crippen LogP contribution in [-0.4, -0.2) is 50.4 Å². The molecule has 27 heavy (non-hydrogen) atoms. The molecule has 2 aromatic rings. The number of benzene rings is 1. The molecule has 1 atom stereocenters. The van der Waals surface area contributed by atoms with Crippen LogP contribution in [0.4, 0.5) is 0 Å². The second kappa shape index (κ2) is 8.99. The van der Waals surface area contributed by atoms with Gasteiger partial charge in [-0.2, -0.15) is 4.31 Å². The maximum Gasteiger partial charge on any atom is 0.339 e. The van der Waals surface area contributed by atoms with Crippen molar-refractivity contribution in [1.29, 1.82) is 0 Å². The summed E-state index contributed by atoms with van der Waals surface area (Å²) in [5, 5.41) is 3.46. The Hall–Kier alpha value is -1.71. The number of nitrogens with one attached hydrogen (secondary N) is 1. The molecule has 0 saturated carbocycles. The van der Waals surface area contributed by atoms with Crippen LogP contribution in [0.25, 0.3) is 0 Å².